The molecule has 98 valence electrons. The number of ketones is 1. The van der Waals surface area contributed by atoms with E-state index in [1.807, 2.05) is 32.0 Å². The number of hydrogen-bond acceptors (Lipinski definition) is 2. The monoisotopic (exact) mass is 273 g/mol. The summed E-state index contributed by atoms with van der Waals surface area (Å²) in [5, 5.41) is 0.634. The maximum Gasteiger partial charge on any atom is 0.167 e. The first-order chi connectivity index (χ1) is 8.99. The summed E-state index contributed by atoms with van der Waals surface area (Å²) in [7, 11) is 0. The number of nitrogen functional groups attached to an aromatic ring is 1. The Kier molecular flexibility index (Phi) is 3.91. The van der Waals surface area contributed by atoms with Crippen LogP contribution in [0.5, 0.6) is 0 Å². The molecule has 0 aromatic heterocycles. The lowest BCUT2D eigenvalue weighted by Crippen LogP contribution is -2.07. The van der Waals surface area contributed by atoms with Gasteiger partial charge in [0.1, 0.15) is 0 Å². The highest BCUT2D eigenvalue weighted by Gasteiger charge is 2.13. The summed E-state index contributed by atoms with van der Waals surface area (Å²) in [6, 6.07) is 11.1. The summed E-state index contributed by atoms with van der Waals surface area (Å²) in [6.45, 7) is 3.83. The Morgan fingerprint density at radius 2 is 1.95 bits per heavy atom. The van der Waals surface area contributed by atoms with Gasteiger partial charge in [0.25, 0.3) is 0 Å². The molecule has 0 radical (unpaired) electrons. The number of Topliss-reactive ketones (excluding diaryl/α,β-unsaturated/α-hetero) is 1. The average molecular weight is 274 g/mol. The van der Waals surface area contributed by atoms with Gasteiger partial charge >= 0.3 is 0 Å². The Morgan fingerprint density at radius 1 is 1.21 bits per heavy atom. The third-order valence-corrected chi connectivity index (χ3v) is 3.59. The SMILES string of the molecule is Cc1ccc(CC(=O)c2cccc(N)c2C)c(Cl)c1. The van der Waals surface area contributed by atoms with Gasteiger partial charge in [-0.2, -0.15) is 0 Å². The summed E-state index contributed by atoms with van der Waals surface area (Å²) < 4.78 is 0. The predicted molar refractivity (Wildman–Crippen MR) is 79.8 cm³/mol. The molecular weight excluding hydrogens is 258 g/mol. The minimum atomic E-state index is 0.0375. The highest BCUT2D eigenvalue weighted by molar-refractivity contribution is 6.31. The van der Waals surface area contributed by atoms with Crippen LogP contribution in [0.2, 0.25) is 5.02 Å². The van der Waals surface area contributed by atoms with Crippen LogP contribution in [0.4, 0.5) is 5.69 Å². The third kappa shape index (κ3) is 2.96. The first-order valence-corrected chi connectivity index (χ1v) is 6.50. The van der Waals surface area contributed by atoms with E-state index in [1.165, 1.54) is 0 Å². The Bertz CT molecular complexity index is 635. The molecular formula is C16H16ClNO. The van der Waals surface area contributed by atoms with Gasteiger partial charge in [-0.05, 0) is 42.7 Å². The summed E-state index contributed by atoms with van der Waals surface area (Å²) in [5.74, 6) is 0.0375. The fraction of sp³-hybridized carbons (Fsp3) is 0.188. The molecule has 0 aliphatic heterocycles. The fourth-order valence-electron chi connectivity index (χ4n) is 2.02. The van der Waals surface area contributed by atoms with E-state index in [-0.39, 0.29) is 5.78 Å². The molecule has 0 saturated carbocycles. The second kappa shape index (κ2) is 5.45. The second-order valence-corrected chi connectivity index (χ2v) is 5.12. The van der Waals surface area contributed by atoms with Crippen molar-refractivity contribution in [1.29, 1.82) is 0 Å². The van der Waals surface area contributed by atoms with Gasteiger partial charge in [-0.3, -0.25) is 4.79 Å². The molecule has 2 rings (SSSR count). The van der Waals surface area contributed by atoms with Crippen molar-refractivity contribution < 1.29 is 4.79 Å². The number of rotatable bonds is 3. The zero-order valence-corrected chi connectivity index (χ0v) is 11.8. The molecule has 0 bridgehead atoms. The van der Waals surface area contributed by atoms with Crippen LogP contribution in [-0.2, 0) is 6.42 Å². The van der Waals surface area contributed by atoms with Crippen molar-refractivity contribution in [3.8, 4) is 0 Å². The van der Waals surface area contributed by atoms with Crippen molar-refractivity contribution in [2.24, 2.45) is 0 Å². The molecule has 0 spiro atoms. The van der Waals surface area contributed by atoms with Crippen molar-refractivity contribution in [2.45, 2.75) is 20.3 Å². The minimum Gasteiger partial charge on any atom is -0.398 e. The van der Waals surface area contributed by atoms with E-state index in [4.69, 9.17) is 17.3 Å². The van der Waals surface area contributed by atoms with Gasteiger partial charge in [0.15, 0.2) is 5.78 Å². The van der Waals surface area contributed by atoms with Gasteiger partial charge in [0, 0.05) is 22.7 Å². The van der Waals surface area contributed by atoms with E-state index < -0.39 is 0 Å². The van der Waals surface area contributed by atoms with Gasteiger partial charge in [-0.1, -0.05) is 35.9 Å². The molecule has 0 fully saturated rings. The van der Waals surface area contributed by atoms with Crippen molar-refractivity contribution in [3.63, 3.8) is 0 Å². The number of nitrogens with two attached hydrogens (primary N) is 1. The van der Waals surface area contributed by atoms with Gasteiger partial charge in [0.2, 0.25) is 0 Å². The maximum absolute atomic E-state index is 12.3. The second-order valence-electron chi connectivity index (χ2n) is 4.71. The number of hydrogen-bond donors (Lipinski definition) is 1. The predicted octanol–water partition coefficient (Wildman–Crippen LogP) is 3.96. The number of benzene rings is 2. The van der Waals surface area contributed by atoms with E-state index >= 15 is 0 Å². The number of anilines is 1. The first-order valence-electron chi connectivity index (χ1n) is 6.12. The lowest BCUT2D eigenvalue weighted by Gasteiger charge is -2.09. The molecule has 0 atom stereocenters. The Hall–Kier alpha value is -1.80. The van der Waals surface area contributed by atoms with Crippen LogP contribution in [0, 0.1) is 13.8 Å². The van der Waals surface area contributed by atoms with Crippen LogP contribution in [0.15, 0.2) is 36.4 Å². The van der Waals surface area contributed by atoms with Crippen LogP contribution < -0.4 is 5.73 Å². The topological polar surface area (TPSA) is 43.1 Å². The molecule has 0 heterocycles. The zero-order chi connectivity index (χ0) is 14.0. The summed E-state index contributed by atoms with van der Waals surface area (Å²) in [6.07, 6.45) is 0.295. The third-order valence-electron chi connectivity index (χ3n) is 3.24. The van der Waals surface area contributed by atoms with Crippen LogP contribution in [0.25, 0.3) is 0 Å². The number of halogens is 1. The highest BCUT2D eigenvalue weighted by atomic mass is 35.5. The average Bonchev–Trinajstić information content (AvgIpc) is 2.36. The molecule has 0 saturated heterocycles. The summed E-state index contributed by atoms with van der Waals surface area (Å²) >= 11 is 6.16. The van der Waals surface area contributed by atoms with Gasteiger partial charge in [0.05, 0.1) is 0 Å². The van der Waals surface area contributed by atoms with Gasteiger partial charge in [-0.25, -0.2) is 0 Å². The van der Waals surface area contributed by atoms with Crippen LogP contribution in [0.3, 0.4) is 0 Å². The van der Waals surface area contributed by atoms with Crippen LogP contribution in [-0.4, -0.2) is 5.78 Å². The quantitative estimate of drug-likeness (QED) is 0.679. The lowest BCUT2D eigenvalue weighted by atomic mass is 9.98. The molecule has 2 aromatic rings. The van der Waals surface area contributed by atoms with E-state index in [2.05, 4.69) is 0 Å². The molecule has 2 nitrogen and oxygen atoms in total. The molecule has 19 heavy (non-hydrogen) atoms. The zero-order valence-electron chi connectivity index (χ0n) is 11.0. The minimum absolute atomic E-state index is 0.0375. The molecule has 0 unspecified atom stereocenters. The molecule has 3 heteroatoms. The standard InChI is InChI=1S/C16H16ClNO/c1-10-6-7-12(14(17)8-10)9-16(19)13-4-3-5-15(18)11(13)2/h3-8H,9,18H2,1-2H3. The first kappa shape index (κ1) is 13.6. The largest absolute Gasteiger partial charge is 0.398 e. The maximum atomic E-state index is 12.3. The Labute approximate surface area is 118 Å². The number of carbonyl (C=O) groups is 1. The lowest BCUT2D eigenvalue weighted by molar-refractivity contribution is 0.0992. The van der Waals surface area contributed by atoms with Gasteiger partial charge in [-0.15, -0.1) is 0 Å². The highest BCUT2D eigenvalue weighted by Crippen LogP contribution is 2.22. The van der Waals surface area contributed by atoms with Gasteiger partial charge < -0.3 is 5.73 Å². The van der Waals surface area contributed by atoms with Crippen molar-refractivity contribution in [3.05, 3.63) is 63.7 Å². The molecule has 0 amide bonds. The van der Waals surface area contributed by atoms with E-state index in [9.17, 15) is 4.79 Å². The van der Waals surface area contributed by atoms with Crippen LogP contribution >= 0.6 is 11.6 Å². The van der Waals surface area contributed by atoms with E-state index in [0.29, 0.717) is 22.7 Å². The summed E-state index contributed by atoms with van der Waals surface area (Å²) in [4.78, 5) is 12.3. The number of aryl methyl sites for hydroxylation is 1. The molecule has 2 aromatic carbocycles. The summed E-state index contributed by atoms with van der Waals surface area (Å²) in [5.41, 5.74) is 9.89. The fourth-order valence-corrected chi connectivity index (χ4v) is 2.32. The smallest absolute Gasteiger partial charge is 0.167 e. The van der Waals surface area contributed by atoms with Crippen molar-refractivity contribution in [2.75, 3.05) is 5.73 Å². The molecule has 0 aliphatic carbocycles. The van der Waals surface area contributed by atoms with E-state index in [0.717, 1.165) is 16.7 Å². The van der Waals surface area contributed by atoms with E-state index in [1.54, 1.807) is 18.2 Å². The van der Waals surface area contributed by atoms with Crippen molar-refractivity contribution >= 4 is 23.1 Å². The Morgan fingerprint density at radius 3 is 2.63 bits per heavy atom. The number of carbonyl (C=O) groups excluding carboxylic acids is 1. The Balaban J connectivity index is 2.28. The molecule has 0 aliphatic rings. The van der Waals surface area contributed by atoms with Crippen molar-refractivity contribution in [1.82, 2.24) is 0 Å². The normalized spacial score (nSPS) is 10.5. The van der Waals surface area contributed by atoms with Crippen LogP contribution in [0.1, 0.15) is 27.0 Å². The molecule has 2 N–H and O–H groups in total.